The Labute approximate surface area is 105 Å². The molecular formula is C15H25NO. The fourth-order valence-electron chi connectivity index (χ4n) is 4.74. The van der Waals surface area contributed by atoms with E-state index in [1.807, 2.05) is 0 Å². The number of nitrogens with one attached hydrogen (secondary N) is 1. The second-order valence-electron chi connectivity index (χ2n) is 6.36. The molecular weight excluding hydrogens is 210 g/mol. The van der Waals surface area contributed by atoms with Crippen molar-refractivity contribution in [2.75, 3.05) is 0 Å². The first-order valence-electron chi connectivity index (χ1n) is 7.61. The summed E-state index contributed by atoms with van der Waals surface area (Å²) < 4.78 is 0. The van der Waals surface area contributed by atoms with Crippen molar-refractivity contribution >= 4 is 6.29 Å². The standard InChI is InChI=1S/C15H25NO/c17-10-14-15(11-6-2-1-3-7-11)12-8-4-5-9-13(12)16-14/h10-16H,1-9H2. The minimum atomic E-state index is 0.172. The maximum atomic E-state index is 11.3. The molecule has 4 unspecified atom stereocenters. The number of rotatable bonds is 2. The van der Waals surface area contributed by atoms with Gasteiger partial charge in [0.15, 0.2) is 0 Å². The van der Waals surface area contributed by atoms with E-state index in [1.165, 1.54) is 64.1 Å². The number of hydrogen-bond donors (Lipinski definition) is 1. The van der Waals surface area contributed by atoms with Crippen LogP contribution in [0, 0.1) is 17.8 Å². The van der Waals surface area contributed by atoms with E-state index >= 15 is 0 Å². The van der Waals surface area contributed by atoms with Gasteiger partial charge in [0.1, 0.15) is 6.29 Å². The molecule has 2 heteroatoms. The van der Waals surface area contributed by atoms with Crippen molar-refractivity contribution in [3.63, 3.8) is 0 Å². The Morgan fingerprint density at radius 1 is 0.882 bits per heavy atom. The average Bonchev–Trinajstić information content (AvgIpc) is 2.78. The molecule has 2 aliphatic carbocycles. The van der Waals surface area contributed by atoms with Crippen LogP contribution in [0.4, 0.5) is 0 Å². The van der Waals surface area contributed by atoms with E-state index in [0.717, 1.165) is 11.8 Å². The van der Waals surface area contributed by atoms with Gasteiger partial charge in [-0.2, -0.15) is 0 Å². The van der Waals surface area contributed by atoms with E-state index in [-0.39, 0.29) is 6.04 Å². The molecule has 1 heterocycles. The Balaban J connectivity index is 1.76. The first-order chi connectivity index (χ1) is 8.40. The third kappa shape index (κ3) is 2.16. The quantitative estimate of drug-likeness (QED) is 0.746. The van der Waals surface area contributed by atoms with E-state index in [1.54, 1.807) is 0 Å². The Morgan fingerprint density at radius 3 is 2.35 bits per heavy atom. The van der Waals surface area contributed by atoms with Crippen LogP contribution in [-0.4, -0.2) is 18.4 Å². The summed E-state index contributed by atoms with van der Waals surface area (Å²) in [5.41, 5.74) is 0. The molecule has 2 saturated carbocycles. The Kier molecular flexibility index (Phi) is 3.51. The summed E-state index contributed by atoms with van der Waals surface area (Å²) in [6.07, 6.45) is 13.6. The highest BCUT2D eigenvalue weighted by Gasteiger charge is 2.46. The van der Waals surface area contributed by atoms with Crippen LogP contribution in [0.15, 0.2) is 0 Å². The molecule has 0 aromatic carbocycles. The number of carbonyl (C=O) groups excluding carboxylic acids is 1. The van der Waals surface area contributed by atoms with Crippen LogP contribution in [0.1, 0.15) is 57.8 Å². The van der Waals surface area contributed by atoms with Gasteiger partial charge in [0.25, 0.3) is 0 Å². The molecule has 0 radical (unpaired) electrons. The van der Waals surface area contributed by atoms with Gasteiger partial charge in [0, 0.05) is 6.04 Å². The van der Waals surface area contributed by atoms with Crippen molar-refractivity contribution in [2.24, 2.45) is 17.8 Å². The van der Waals surface area contributed by atoms with Crippen LogP contribution < -0.4 is 5.32 Å². The maximum absolute atomic E-state index is 11.3. The fourth-order valence-corrected chi connectivity index (χ4v) is 4.74. The zero-order valence-corrected chi connectivity index (χ0v) is 10.7. The number of carbonyl (C=O) groups is 1. The van der Waals surface area contributed by atoms with Crippen LogP contribution in [0.3, 0.4) is 0 Å². The van der Waals surface area contributed by atoms with Gasteiger partial charge in [-0.3, -0.25) is 0 Å². The zero-order chi connectivity index (χ0) is 11.7. The molecule has 2 nitrogen and oxygen atoms in total. The molecule has 0 bridgehead atoms. The lowest BCUT2D eigenvalue weighted by atomic mass is 9.68. The minimum absolute atomic E-state index is 0.172. The summed E-state index contributed by atoms with van der Waals surface area (Å²) in [4.78, 5) is 11.3. The van der Waals surface area contributed by atoms with Crippen LogP contribution in [0.25, 0.3) is 0 Å². The topological polar surface area (TPSA) is 29.1 Å². The van der Waals surface area contributed by atoms with E-state index in [2.05, 4.69) is 5.32 Å². The predicted molar refractivity (Wildman–Crippen MR) is 68.8 cm³/mol. The lowest BCUT2D eigenvalue weighted by molar-refractivity contribution is -0.110. The second kappa shape index (κ2) is 5.09. The van der Waals surface area contributed by atoms with Crippen molar-refractivity contribution in [1.82, 2.24) is 5.32 Å². The van der Waals surface area contributed by atoms with E-state index in [0.29, 0.717) is 12.0 Å². The summed E-state index contributed by atoms with van der Waals surface area (Å²) in [5.74, 6) is 2.31. The molecule has 0 aromatic rings. The average molecular weight is 235 g/mol. The Morgan fingerprint density at radius 2 is 1.59 bits per heavy atom. The van der Waals surface area contributed by atoms with Crippen LogP contribution in [0.2, 0.25) is 0 Å². The van der Waals surface area contributed by atoms with E-state index in [9.17, 15) is 4.79 Å². The van der Waals surface area contributed by atoms with Gasteiger partial charge in [-0.15, -0.1) is 0 Å². The van der Waals surface area contributed by atoms with Crippen molar-refractivity contribution in [2.45, 2.75) is 69.9 Å². The van der Waals surface area contributed by atoms with Gasteiger partial charge >= 0.3 is 0 Å². The van der Waals surface area contributed by atoms with Crippen LogP contribution in [-0.2, 0) is 4.79 Å². The Bertz CT molecular complexity index is 272. The first-order valence-corrected chi connectivity index (χ1v) is 7.61. The minimum Gasteiger partial charge on any atom is -0.304 e. The molecule has 4 atom stereocenters. The largest absolute Gasteiger partial charge is 0.304 e. The molecule has 3 aliphatic rings. The highest BCUT2D eigenvalue weighted by molar-refractivity contribution is 5.59. The molecule has 0 spiro atoms. The molecule has 0 aromatic heterocycles. The van der Waals surface area contributed by atoms with Crippen molar-refractivity contribution in [1.29, 1.82) is 0 Å². The SMILES string of the molecule is O=CC1NC2CCCCC2C1C1CCCCC1. The summed E-state index contributed by atoms with van der Waals surface area (Å²) in [7, 11) is 0. The van der Waals surface area contributed by atoms with E-state index < -0.39 is 0 Å². The molecule has 96 valence electrons. The number of aldehydes is 1. The van der Waals surface area contributed by atoms with Crippen LogP contribution >= 0.6 is 0 Å². The third-order valence-electron chi connectivity index (χ3n) is 5.48. The summed E-state index contributed by atoms with van der Waals surface area (Å²) >= 11 is 0. The number of hydrogen-bond acceptors (Lipinski definition) is 2. The third-order valence-corrected chi connectivity index (χ3v) is 5.48. The van der Waals surface area contributed by atoms with Gasteiger partial charge in [-0.25, -0.2) is 0 Å². The van der Waals surface area contributed by atoms with Gasteiger partial charge < -0.3 is 10.1 Å². The second-order valence-corrected chi connectivity index (χ2v) is 6.36. The van der Waals surface area contributed by atoms with Gasteiger partial charge in [-0.05, 0) is 30.6 Å². The lowest BCUT2D eigenvalue weighted by Gasteiger charge is -2.35. The summed E-state index contributed by atoms with van der Waals surface area (Å²) in [6, 6.07) is 0.831. The number of fused-ring (bicyclic) bond motifs is 1. The van der Waals surface area contributed by atoms with E-state index in [4.69, 9.17) is 0 Å². The zero-order valence-electron chi connectivity index (χ0n) is 10.7. The summed E-state index contributed by atoms with van der Waals surface area (Å²) in [5, 5.41) is 3.62. The maximum Gasteiger partial charge on any atom is 0.137 e. The lowest BCUT2D eigenvalue weighted by Crippen LogP contribution is -2.35. The smallest absolute Gasteiger partial charge is 0.137 e. The predicted octanol–water partition coefficient (Wildman–Crippen LogP) is 2.91. The molecule has 0 amide bonds. The molecule has 3 rings (SSSR count). The fraction of sp³-hybridized carbons (Fsp3) is 0.933. The van der Waals surface area contributed by atoms with Crippen LogP contribution in [0.5, 0.6) is 0 Å². The monoisotopic (exact) mass is 235 g/mol. The highest BCUT2D eigenvalue weighted by Crippen LogP contribution is 2.45. The molecule has 1 N–H and O–H groups in total. The first kappa shape index (κ1) is 11.7. The van der Waals surface area contributed by atoms with Gasteiger partial charge in [0.05, 0.1) is 6.04 Å². The van der Waals surface area contributed by atoms with Crippen molar-refractivity contribution in [3.05, 3.63) is 0 Å². The van der Waals surface area contributed by atoms with Gasteiger partial charge in [-0.1, -0.05) is 44.9 Å². The highest BCUT2D eigenvalue weighted by atomic mass is 16.1. The van der Waals surface area contributed by atoms with Crippen molar-refractivity contribution < 1.29 is 4.79 Å². The summed E-state index contributed by atoms with van der Waals surface area (Å²) in [6.45, 7) is 0. The molecule has 1 aliphatic heterocycles. The molecule has 3 fully saturated rings. The molecule has 1 saturated heterocycles. The van der Waals surface area contributed by atoms with Gasteiger partial charge in [0.2, 0.25) is 0 Å². The molecule has 17 heavy (non-hydrogen) atoms. The van der Waals surface area contributed by atoms with Crippen molar-refractivity contribution in [3.8, 4) is 0 Å². The Hall–Kier alpha value is -0.370. The normalized spacial score (nSPS) is 43.3.